The molecule has 1 atom stereocenters. The van der Waals surface area contributed by atoms with Crippen molar-refractivity contribution in [1.29, 1.82) is 0 Å². The Kier molecular flexibility index (Phi) is 3.05. The highest BCUT2D eigenvalue weighted by Crippen LogP contribution is 2.36. The number of carbonyl (C=O) groups excluding carboxylic acids is 1. The van der Waals surface area contributed by atoms with Crippen LogP contribution in [-0.2, 0) is 0 Å². The first kappa shape index (κ1) is 11.9. The molecule has 4 nitrogen and oxygen atoms in total. The molecule has 0 aromatic carbocycles. The lowest BCUT2D eigenvalue weighted by Gasteiger charge is -2.17. The van der Waals surface area contributed by atoms with Crippen molar-refractivity contribution in [2.45, 2.75) is 39.2 Å². The van der Waals surface area contributed by atoms with Crippen LogP contribution in [0.5, 0.6) is 0 Å². The van der Waals surface area contributed by atoms with Crippen LogP contribution in [0.1, 0.15) is 43.5 Å². The van der Waals surface area contributed by atoms with E-state index in [2.05, 4.69) is 24.1 Å². The minimum atomic E-state index is -0.191. The van der Waals surface area contributed by atoms with Crippen LogP contribution in [0, 0.1) is 5.41 Å². The monoisotopic (exact) mass is 234 g/mol. The Balaban J connectivity index is 1.98. The molecule has 1 saturated carbocycles. The fourth-order valence-electron chi connectivity index (χ4n) is 2.38. The predicted octanol–water partition coefficient (Wildman–Crippen LogP) is 1.68. The molecule has 0 aliphatic heterocycles. The lowest BCUT2D eigenvalue weighted by Crippen LogP contribution is -2.33. The van der Waals surface area contributed by atoms with E-state index in [-0.39, 0.29) is 17.5 Å². The third-order valence-electron chi connectivity index (χ3n) is 3.35. The van der Waals surface area contributed by atoms with Gasteiger partial charge in [0.05, 0.1) is 5.56 Å². The third kappa shape index (κ3) is 2.96. The van der Waals surface area contributed by atoms with Crippen molar-refractivity contribution in [3.8, 4) is 0 Å². The molecule has 0 radical (unpaired) electrons. The highest BCUT2D eigenvalue weighted by atomic mass is 16.2. The van der Waals surface area contributed by atoms with Gasteiger partial charge in [-0.3, -0.25) is 9.59 Å². The van der Waals surface area contributed by atoms with Crippen LogP contribution in [-0.4, -0.2) is 16.9 Å². The molecule has 2 rings (SSSR count). The standard InChI is InChI=1S/C13H18N2O2/c1-13(2)6-5-10(7-13)15-12(17)9-3-4-11(16)14-8-9/h3-4,8,10H,5-7H2,1-2H3,(H,14,16)(H,15,17). The van der Waals surface area contributed by atoms with Crippen molar-refractivity contribution in [2.24, 2.45) is 5.41 Å². The van der Waals surface area contributed by atoms with E-state index in [9.17, 15) is 9.59 Å². The van der Waals surface area contributed by atoms with Crippen molar-refractivity contribution in [1.82, 2.24) is 10.3 Å². The number of amides is 1. The van der Waals surface area contributed by atoms with Crippen molar-refractivity contribution in [3.63, 3.8) is 0 Å². The van der Waals surface area contributed by atoms with E-state index in [1.807, 2.05) is 0 Å². The zero-order valence-corrected chi connectivity index (χ0v) is 10.2. The summed E-state index contributed by atoms with van der Waals surface area (Å²) >= 11 is 0. The molecule has 0 saturated heterocycles. The lowest BCUT2D eigenvalue weighted by atomic mass is 9.92. The first-order chi connectivity index (χ1) is 7.96. The van der Waals surface area contributed by atoms with E-state index < -0.39 is 0 Å². The molecule has 17 heavy (non-hydrogen) atoms. The number of hydrogen-bond acceptors (Lipinski definition) is 2. The number of H-pyrrole nitrogens is 1. The number of carbonyl (C=O) groups is 1. The first-order valence-corrected chi connectivity index (χ1v) is 5.96. The Morgan fingerprint density at radius 2 is 2.24 bits per heavy atom. The molecule has 0 bridgehead atoms. The molecule has 1 amide bonds. The molecule has 4 heteroatoms. The Morgan fingerprint density at radius 1 is 1.47 bits per heavy atom. The summed E-state index contributed by atoms with van der Waals surface area (Å²) in [5.74, 6) is -0.107. The minimum Gasteiger partial charge on any atom is -0.349 e. The average Bonchev–Trinajstić information content (AvgIpc) is 2.59. The van der Waals surface area contributed by atoms with Gasteiger partial charge < -0.3 is 10.3 Å². The molecule has 2 N–H and O–H groups in total. The maximum Gasteiger partial charge on any atom is 0.252 e. The molecular weight excluding hydrogens is 216 g/mol. The van der Waals surface area contributed by atoms with Crippen molar-refractivity contribution < 1.29 is 4.79 Å². The van der Waals surface area contributed by atoms with Crippen LogP contribution in [0.3, 0.4) is 0 Å². The van der Waals surface area contributed by atoms with Crippen molar-refractivity contribution in [3.05, 3.63) is 34.2 Å². The number of rotatable bonds is 2. The van der Waals surface area contributed by atoms with Crippen LogP contribution in [0.25, 0.3) is 0 Å². The number of aromatic nitrogens is 1. The number of pyridine rings is 1. The zero-order valence-electron chi connectivity index (χ0n) is 10.2. The second-order valence-electron chi connectivity index (χ2n) is 5.52. The summed E-state index contributed by atoms with van der Waals surface area (Å²) < 4.78 is 0. The van der Waals surface area contributed by atoms with E-state index in [4.69, 9.17) is 0 Å². The highest BCUT2D eigenvalue weighted by Gasteiger charge is 2.31. The molecule has 1 aromatic rings. The topological polar surface area (TPSA) is 62.0 Å². The molecule has 1 aliphatic rings. The predicted molar refractivity (Wildman–Crippen MR) is 65.9 cm³/mol. The zero-order chi connectivity index (χ0) is 12.5. The summed E-state index contributed by atoms with van der Waals surface area (Å²) in [6.45, 7) is 4.44. The summed E-state index contributed by atoms with van der Waals surface area (Å²) in [4.78, 5) is 25.3. The second-order valence-corrected chi connectivity index (χ2v) is 5.52. The Morgan fingerprint density at radius 3 is 2.76 bits per heavy atom. The van der Waals surface area contributed by atoms with Gasteiger partial charge in [-0.05, 0) is 30.7 Å². The summed E-state index contributed by atoms with van der Waals surface area (Å²) in [5, 5.41) is 3.01. The van der Waals surface area contributed by atoms with Crippen LogP contribution in [0.4, 0.5) is 0 Å². The molecule has 0 spiro atoms. The average molecular weight is 234 g/mol. The van der Waals surface area contributed by atoms with Gasteiger partial charge in [0.1, 0.15) is 0 Å². The normalized spacial score (nSPS) is 22.4. The van der Waals surface area contributed by atoms with Gasteiger partial charge in [0.15, 0.2) is 0 Å². The van der Waals surface area contributed by atoms with E-state index in [0.29, 0.717) is 11.0 Å². The lowest BCUT2D eigenvalue weighted by molar-refractivity contribution is 0.0935. The van der Waals surface area contributed by atoms with E-state index >= 15 is 0 Å². The molecular formula is C13H18N2O2. The minimum absolute atomic E-state index is 0.107. The highest BCUT2D eigenvalue weighted by molar-refractivity contribution is 5.94. The van der Waals surface area contributed by atoms with Crippen LogP contribution < -0.4 is 10.9 Å². The summed E-state index contributed by atoms with van der Waals surface area (Å²) in [7, 11) is 0. The van der Waals surface area contributed by atoms with Crippen LogP contribution in [0.15, 0.2) is 23.1 Å². The van der Waals surface area contributed by atoms with Gasteiger partial charge in [-0.15, -0.1) is 0 Å². The van der Waals surface area contributed by atoms with Gasteiger partial charge in [0.2, 0.25) is 5.56 Å². The largest absolute Gasteiger partial charge is 0.349 e. The van der Waals surface area contributed by atoms with Gasteiger partial charge in [0.25, 0.3) is 5.91 Å². The molecule has 92 valence electrons. The molecule has 1 fully saturated rings. The van der Waals surface area contributed by atoms with E-state index in [1.165, 1.54) is 12.3 Å². The third-order valence-corrected chi connectivity index (χ3v) is 3.35. The SMILES string of the molecule is CC1(C)CCC(NC(=O)c2ccc(=O)[nH]c2)C1. The fraction of sp³-hybridized carbons (Fsp3) is 0.538. The summed E-state index contributed by atoms with van der Waals surface area (Å²) in [5.41, 5.74) is 0.640. The fourth-order valence-corrected chi connectivity index (χ4v) is 2.38. The van der Waals surface area contributed by atoms with Gasteiger partial charge in [0, 0.05) is 18.3 Å². The van der Waals surface area contributed by atoms with Crippen LogP contribution >= 0.6 is 0 Å². The van der Waals surface area contributed by atoms with Gasteiger partial charge >= 0.3 is 0 Å². The van der Waals surface area contributed by atoms with Crippen molar-refractivity contribution in [2.75, 3.05) is 0 Å². The molecule has 1 aliphatic carbocycles. The number of aromatic amines is 1. The Bertz CT molecular complexity index is 456. The van der Waals surface area contributed by atoms with Crippen molar-refractivity contribution >= 4 is 5.91 Å². The van der Waals surface area contributed by atoms with Gasteiger partial charge in [-0.2, -0.15) is 0 Å². The summed E-state index contributed by atoms with van der Waals surface area (Å²) in [6.07, 6.45) is 4.64. The van der Waals surface area contributed by atoms with E-state index in [1.54, 1.807) is 6.07 Å². The molecule has 1 heterocycles. The van der Waals surface area contributed by atoms with Crippen LogP contribution in [0.2, 0.25) is 0 Å². The first-order valence-electron chi connectivity index (χ1n) is 5.96. The second kappa shape index (κ2) is 4.35. The van der Waals surface area contributed by atoms with Gasteiger partial charge in [-0.25, -0.2) is 0 Å². The quantitative estimate of drug-likeness (QED) is 0.818. The molecule has 1 aromatic heterocycles. The maximum absolute atomic E-state index is 11.9. The maximum atomic E-state index is 11.9. The molecule has 1 unspecified atom stereocenters. The number of nitrogens with one attached hydrogen (secondary N) is 2. The smallest absolute Gasteiger partial charge is 0.252 e. The summed E-state index contributed by atoms with van der Waals surface area (Å²) in [6, 6.07) is 3.17. The Labute approximate surface area is 100 Å². The number of hydrogen-bond donors (Lipinski definition) is 2. The Hall–Kier alpha value is -1.58. The van der Waals surface area contributed by atoms with Gasteiger partial charge in [-0.1, -0.05) is 13.8 Å². The van der Waals surface area contributed by atoms with E-state index in [0.717, 1.165) is 19.3 Å².